The lowest BCUT2D eigenvalue weighted by Gasteiger charge is -2.32. The molecule has 0 unspecified atom stereocenters. The van der Waals surface area contributed by atoms with Crippen LogP contribution in [0.15, 0.2) is 42.9 Å². The molecule has 4 rings (SSSR count). The SMILES string of the molecule is Cc1cnc(-c2nccnc2[C@H]2CCCN(Cc3ccccc3F)C2)[nH]1. The Morgan fingerprint density at radius 2 is 2.04 bits per heavy atom. The number of benzene rings is 1. The van der Waals surface area contributed by atoms with E-state index >= 15 is 0 Å². The minimum absolute atomic E-state index is 0.138. The first-order valence-corrected chi connectivity index (χ1v) is 8.99. The number of nitrogens with zero attached hydrogens (tertiary/aromatic N) is 4. The first-order valence-electron chi connectivity index (χ1n) is 8.99. The van der Waals surface area contributed by atoms with Crippen molar-refractivity contribution in [2.45, 2.75) is 32.2 Å². The predicted molar refractivity (Wildman–Crippen MR) is 98.0 cm³/mol. The summed E-state index contributed by atoms with van der Waals surface area (Å²) < 4.78 is 14.0. The zero-order valence-corrected chi connectivity index (χ0v) is 14.8. The summed E-state index contributed by atoms with van der Waals surface area (Å²) >= 11 is 0. The summed E-state index contributed by atoms with van der Waals surface area (Å²) in [7, 11) is 0. The largest absolute Gasteiger partial charge is 0.341 e. The standard InChI is InChI=1S/C20H22FN5/c1-14-11-24-20(25-14)19-18(22-8-9-23-19)16-6-4-10-26(13-16)12-15-5-2-3-7-17(15)21/h2-3,5,7-9,11,16H,4,6,10,12-13H2,1H3,(H,24,25)/t16-/m0/s1. The molecular weight excluding hydrogens is 329 g/mol. The van der Waals surface area contributed by atoms with Crippen LogP contribution in [-0.2, 0) is 6.54 Å². The van der Waals surface area contributed by atoms with Gasteiger partial charge in [-0.15, -0.1) is 0 Å². The van der Waals surface area contributed by atoms with Crippen LogP contribution in [0.25, 0.3) is 11.5 Å². The molecule has 6 heteroatoms. The number of nitrogens with one attached hydrogen (secondary N) is 1. The molecule has 0 bridgehead atoms. The fourth-order valence-corrected chi connectivity index (χ4v) is 3.65. The monoisotopic (exact) mass is 351 g/mol. The van der Waals surface area contributed by atoms with Gasteiger partial charge < -0.3 is 4.98 Å². The Bertz CT molecular complexity index is 891. The molecule has 134 valence electrons. The van der Waals surface area contributed by atoms with E-state index in [-0.39, 0.29) is 11.7 Å². The van der Waals surface area contributed by atoms with E-state index in [1.807, 2.05) is 19.1 Å². The van der Waals surface area contributed by atoms with Gasteiger partial charge in [0.25, 0.3) is 0 Å². The van der Waals surface area contributed by atoms with Crippen LogP contribution < -0.4 is 0 Å². The second kappa shape index (κ2) is 7.33. The van der Waals surface area contributed by atoms with Crippen molar-refractivity contribution in [2.75, 3.05) is 13.1 Å². The highest BCUT2D eigenvalue weighted by atomic mass is 19.1. The van der Waals surface area contributed by atoms with Crippen molar-refractivity contribution >= 4 is 0 Å². The van der Waals surface area contributed by atoms with Crippen LogP contribution in [0.1, 0.15) is 35.7 Å². The van der Waals surface area contributed by atoms with Gasteiger partial charge in [-0.2, -0.15) is 0 Å². The van der Waals surface area contributed by atoms with Gasteiger partial charge in [0.05, 0.1) is 5.69 Å². The third-order valence-corrected chi connectivity index (χ3v) is 4.90. The quantitative estimate of drug-likeness (QED) is 0.779. The minimum Gasteiger partial charge on any atom is -0.341 e. The molecule has 2 aromatic heterocycles. The van der Waals surface area contributed by atoms with Crippen molar-refractivity contribution in [3.63, 3.8) is 0 Å². The molecule has 1 aliphatic heterocycles. The lowest BCUT2D eigenvalue weighted by molar-refractivity contribution is 0.196. The number of rotatable bonds is 4. The number of hydrogen-bond donors (Lipinski definition) is 1. The lowest BCUT2D eigenvalue weighted by atomic mass is 9.92. The van der Waals surface area contributed by atoms with Crippen LogP contribution in [-0.4, -0.2) is 37.9 Å². The van der Waals surface area contributed by atoms with E-state index in [1.54, 1.807) is 24.7 Å². The van der Waals surface area contributed by atoms with Gasteiger partial charge in [-0.05, 0) is 32.4 Å². The van der Waals surface area contributed by atoms with E-state index < -0.39 is 0 Å². The van der Waals surface area contributed by atoms with Crippen molar-refractivity contribution in [1.29, 1.82) is 0 Å². The minimum atomic E-state index is -0.138. The molecule has 0 radical (unpaired) electrons. The molecule has 1 aromatic carbocycles. The summed E-state index contributed by atoms with van der Waals surface area (Å²) in [6.45, 7) is 4.42. The van der Waals surface area contributed by atoms with Gasteiger partial charge in [-0.25, -0.2) is 14.4 Å². The molecular formula is C20H22FN5. The normalized spacial score (nSPS) is 18.2. The fraction of sp³-hybridized carbons (Fsp3) is 0.350. The molecule has 0 saturated carbocycles. The molecule has 1 aliphatic rings. The van der Waals surface area contributed by atoms with Gasteiger partial charge in [-0.1, -0.05) is 18.2 Å². The number of piperidine rings is 1. The molecule has 3 heterocycles. The number of aromatic nitrogens is 4. The van der Waals surface area contributed by atoms with Gasteiger partial charge in [0.15, 0.2) is 5.82 Å². The maximum Gasteiger partial charge on any atom is 0.158 e. The van der Waals surface area contributed by atoms with Crippen molar-refractivity contribution in [2.24, 2.45) is 0 Å². The summed E-state index contributed by atoms with van der Waals surface area (Å²) in [6.07, 6.45) is 7.37. The Labute approximate surface area is 152 Å². The van der Waals surface area contributed by atoms with Crippen LogP contribution in [0.2, 0.25) is 0 Å². The smallest absolute Gasteiger partial charge is 0.158 e. The van der Waals surface area contributed by atoms with Gasteiger partial charge in [0, 0.05) is 48.9 Å². The van der Waals surface area contributed by atoms with E-state index in [2.05, 4.69) is 24.8 Å². The Hall–Kier alpha value is -2.60. The van der Waals surface area contributed by atoms with Crippen LogP contribution in [0, 0.1) is 12.7 Å². The first-order chi connectivity index (χ1) is 12.7. The van der Waals surface area contributed by atoms with Gasteiger partial charge in [-0.3, -0.25) is 9.88 Å². The highest BCUT2D eigenvalue weighted by Gasteiger charge is 2.26. The maximum atomic E-state index is 14.0. The third kappa shape index (κ3) is 3.51. The Balaban J connectivity index is 1.56. The van der Waals surface area contributed by atoms with Crippen molar-refractivity contribution in [3.05, 3.63) is 65.6 Å². The number of aromatic amines is 1. The van der Waals surface area contributed by atoms with Crippen LogP contribution in [0.5, 0.6) is 0 Å². The van der Waals surface area contributed by atoms with E-state index in [9.17, 15) is 4.39 Å². The summed E-state index contributed by atoms with van der Waals surface area (Å²) in [4.78, 5) is 19.1. The number of halogens is 1. The Morgan fingerprint density at radius 1 is 1.19 bits per heavy atom. The number of H-pyrrole nitrogens is 1. The van der Waals surface area contributed by atoms with Crippen LogP contribution in [0.4, 0.5) is 4.39 Å². The summed E-state index contributed by atoms with van der Waals surface area (Å²) in [5, 5.41) is 0. The van der Waals surface area contributed by atoms with Crippen LogP contribution >= 0.6 is 0 Å². The summed E-state index contributed by atoms with van der Waals surface area (Å²) in [6, 6.07) is 7.00. The highest BCUT2D eigenvalue weighted by Crippen LogP contribution is 2.31. The highest BCUT2D eigenvalue weighted by molar-refractivity contribution is 5.53. The van der Waals surface area contributed by atoms with Crippen molar-refractivity contribution < 1.29 is 4.39 Å². The van der Waals surface area contributed by atoms with Crippen LogP contribution in [0.3, 0.4) is 0 Å². The molecule has 0 spiro atoms. The number of likely N-dealkylation sites (tertiary alicyclic amines) is 1. The molecule has 1 fully saturated rings. The summed E-state index contributed by atoms with van der Waals surface area (Å²) in [5.74, 6) is 0.891. The average Bonchev–Trinajstić information content (AvgIpc) is 3.10. The second-order valence-corrected chi connectivity index (χ2v) is 6.87. The van der Waals surface area contributed by atoms with E-state index in [4.69, 9.17) is 0 Å². The molecule has 26 heavy (non-hydrogen) atoms. The lowest BCUT2D eigenvalue weighted by Crippen LogP contribution is -2.34. The number of imidazole rings is 1. The molecule has 1 saturated heterocycles. The molecule has 3 aromatic rings. The topological polar surface area (TPSA) is 57.7 Å². The molecule has 0 aliphatic carbocycles. The first kappa shape index (κ1) is 16.8. The van der Waals surface area contributed by atoms with E-state index in [0.717, 1.165) is 54.4 Å². The van der Waals surface area contributed by atoms with Gasteiger partial charge >= 0.3 is 0 Å². The summed E-state index contributed by atoms with van der Waals surface area (Å²) in [5.41, 5.74) is 3.54. The van der Waals surface area contributed by atoms with Gasteiger partial charge in [0.1, 0.15) is 11.5 Å². The van der Waals surface area contributed by atoms with E-state index in [0.29, 0.717) is 6.54 Å². The number of hydrogen-bond acceptors (Lipinski definition) is 4. The Kier molecular flexibility index (Phi) is 4.75. The fourth-order valence-electron chi connectivity index (χ4n) is 3.65. The zero-order chi connectivity index (χ0) is 17.9. The molecule has 5 nitrogen and oxygen atoms in total. The molecule has 0 amide bonds. The second-order valence-electron chi connectivity index (χ2n) is 6.87. The van der Waals surface area contributed by atoms with Crippen molar-refractivity contribution in [1.82, 2.24) is 24.8 Å². The third-order valence-electron chi connectivity index (χ3n) is 4.90. The zero-order valence-electron chi connectivity index (χ0n) is 14.8. The van der Waals surface area contributed by atoms with E-state index in [1.165, 1.54) is 6.07 Å². The molecule has 1 atom stereocenters. The maximum absolute atomic E-state index is 14.0. The predicted octanol–water partition coefficient (Wildman–Crippen LogP) is 3.69. The number of aryl methyl sites for hydroxylation is 1. The van der Waals surface area contributed by atoms with Gasteiger partial charge in [0.2, 0.25) is 0 Å². The Morgan fingerprint density at radius 3 is 2.85 bits per heavy atom. The average molecular weight is 351 g/mol. The molecule has 1 N–H and O–H groups in total. The van der Waals surface area contributed by atoms with Crippen molar-refractivity contribution in [3.8, 4) is 11.5 Å².